The molecule has 116 valence electrons. The average molecular weight is 390 g/mol. The maximum atomic E-state index is 12.1. The van der Waals surface area contributed by atoms with Gasteiger partial charge in [-0.05, 0) is 46.3 Å². The van der Waals surface area contributed by atoms with Gasteiger partial charge in [-0.15, -0.1) is 11.3 Å². The van der Waals surface area contributed by atoms with Crippen LogP contribution in [0.3, 0.4) is 0 Å². The minimum Gasteiger partial charge on any atom is -0.343 e. The van der Waals surface area contributed by atoms with Crippen molar-refractivity contribution in [2.75, 3.05) is 11.9 Å². The molecule has 0 fully saturated rings. The average Bonchev–Trinajstić information content (AvgIpc) is 3.02. The van der Waals surface area contributed by atoms with Gasteiger partial charge in [-0.25, -0.2) is 4.98 Å². The van der Waals surface area contributed by atoms with Crippen molar-refractivity contribution in [2.24, 2.45) is 0 Å². The second-order valence-electron chi connectivity index (χ2n) is 4.75. The summed E-state index contributed by atoms with van der Waals surface area (Å²) in [6, 6.07) is 12.6. The third kappa shape index (κ3) is 3.75. The first-order valence-corrected chi connectivity index (χ1v) is 8.46. The van der Waals surface area contributed by atoms with Crippen LogP contribution in [0.15, 0.2) is 52.4 Å². The van der Waals surface area contributed by atoms with E-state index in [0.717, 1.165) is 14.7 Å². The highest BCUT2D eigenvalue weighted by molar-refractivity contribution is 9.10. The minimum absolute atomic E-state index is 0.0963. The predicted octanol–water partition coefficient (Wildman–Crippen LogP) is 3.43. The molecule has 7 heteroatoms. The van der Waals surface area contributed by atoms with E-state index < -0.39 is 0 Å². The van der Waals surface area contributed by atoms with E-state index in [1.165, 1.54) is 11.3 Å². The fourth-order valence-corrected chi connectivity index (χ4v) is 3.12. The van der Waals surface area contributed by atoms with E-state index in [-0.39, 0.29) is 18.4 Å². The first-order chi connectivity index (χ1) is 11.1. The van der Waals surface area contributed by atoms with Crippen LogP contribution in [0, 0.1) is 0 Å². The first kappa shape index (κ1) is 15.6. The van der Waals surface area contributed by atoms with Gasteiger partial charge in [0.1, 0.15) is 0 Å². The van der Waals surface area contributed by atoms with E-state index >= 15 is 0 Å². The van der Waals surface area contributed by atoms with Crippen LogP contribution >= 0.6 is 27.3 Å². The lowest BCUT2D eigenvalue weighted by molar-refractivity contribution is -0.115. The zero-order chi connectivity index (χ0) is 16.2. The van der Waals surface area contributed by atoms with Crippen molar-refractivity contribution >= 4 is 55.0 Å². The molecule has 0 saturated heterocycles. The van der Waals surface area contributed by atoms with Crippen LogP contribution in [0.5, 0.6) is 0 Å². The van der Waals surface area contributed by atoms with E-state index in [9.17, 15) is 9.59 Å². The van der Waals surface area contributed by atoms with Crippen LogP contribution in [-0.4, -0.2) is 23.3 Å². The Labute approximate surface area is 144 Å². The maximum Gasteiger partial charge on any atom is 0.251 e. The van der Waals surface area contributed by atoms with Gasteiger partial charge < -0.3 is 10.6 Å². The van der Waals surface area contributed by atoms with Gasteiger partial charge in [0.25, 0.3) is 5.91 Å². The monoisotopic (exact) mass is 389 g/mol. The van der Waals surface area contributed by atoms with Crippen molar-refractivity contribution in [3.8, 4) is 0 Å². The van der Waals surface area contributed by atoms with Crippen molar-refractivity contribution in [1.82, 2.24) is 10.3 Å². The quantitative estimate of drug-likeness (QED) is 0.717. The lowest BCUT2D eigenvalue weighted by Crippen LogP contribution is -2.32. The summed E-state index contributed by atoms with van der Waals surface area (Å²) in [5.41, 5.74) is 3.77. The number of halogens is 1. The fourth-order valence-electron chi connectivity index (χ4n) is 2.02. The lowest BCUT2D eigenvalue weighted by Gasteiger charge is -2.08. The van der Waals surface area contributed by atoms with Crippen LogP contribution in [0.1, 0.15) is 10.4 Å². The molecular formula is C16H12BrN3O2S. The largest absolute Gasteiger partial charge is 0.343 e. The van der Waals surface area contributed by atoms with E-state index in [1.807, 2.05) is 18.2 Å². The first-order valence-electron chi connectivity index (χ1n) is 6.79. The predicted molar refractivity (Wildman–Crippen MR) is 94.7 cm³/mol. The molecule has 0 spiro atoms. The Morgan fingerprint density at radius 2 is 2.00 bits per heavy atom. The van der Waals surface area contributed by atoms with Crippen molar-refractivity contribution in [2.45, 2.75) is 0 Å². The zero-order valence-corrected chi connectivity index (χ0v) is 14.3. The number of hydrogen-bond donors (Lipinski definition) is 2. The SMILES string of the molecule is O=C(CNC(=O)c1ccc2ncsc2c1)Nc1ccccc1Br. The number of hydrogen-bond acceptors (Lipinski definition) is 4. The molecular weight excluding hydrogens is 378 g/mol. The Morgan fingerprint density at radius 1 is 1.17 bits per heavy atom. The van der Waals surface area contributed by atoms with Crippen LogP contribution in [0.4, 0.5) is 5.69 Å². The molecule has 0 bridgehead atoms. The smallest absolute Gasteiger partial charge is 0.251 e. The summed E-state index contributed by atoms with van der Waals surface area (Å²) in [5.74, 6) is -0.577. The van der Waals surface area contributed by atoms with Gasteiger partial charge in [-0.3, -0.25) is 9.59 Å². The van der Waals surface area contributed by atoms with Gasteiger partial charge in [0.15, 0.2) is 0 Å². The summed E-state index contributed by atoms with van der Waals surface area (Å²) in [6.07, 6.45) is 0. The summed E-state index contributed by atoms with van der Waals surface area (Å²) in [4.78, 5) is 28.2. The van der Waals surface area contributed by atoms with Crippen LogP contribution in [0.2, 0.25) is 0 Å². The Bertz CT molecular complexity index is 878. The number of thiazole rings is 1. The number of nitrogens with zero attached hydrogens (tertiary/aromatic N) is 1. The second kappa shape index (κ2) is 6.89. The highest BCUT2D eigenvalue weighted by atomic mass is 79.9. The highest BCUT2D eigenvalue weighted by Crippen LogP contribution is 2.21. The van der Waals surface area contributed by atoms with Crippen LogP contribution < -0.4 is 10.6 Å². The molecule has 3 aromatic rings. The van der Waals surface area contributed by atoms with Crippen LogP contribution in [0.25, 0.3) is 10.2 Å². The van der Waals surface area contributed by atoms with Crippen molar-refractivity contribution in [3.63, 3.8) is 0 Å². The molecule has 2 N–H and O–H groups in total. The normalized spacial score (nSPS) is 10.5. The number of aromatic nitrogens is 1. The number of carbonyl (C=O) groups excluding carboxylic acids is 2. The number of anilines is 1. The molecule has 0 saturated carbocycles. The molecule has 0 aliphatic heterocycles. The number of nitrogens with one attached hydrogen (secondary N) is 2. The molecule has 1 heterocycles. The summed E-state index contributed by atoms with van der Waals surface area (Å²) in [5, 5.41) is 5.35. The fraction of sp³-hybridized carbons (Fsp3) is 0.0625. The molecule has 0 atom stereocenters. The summed E-state index contributed by atoms with van der Waals surface area (Å²) in [6.45, 7) is -0.0963. The van der Waals surface area contributed by atoms with E-state index in [2.05, 4.69) is 31.5 Å². The molecule has 2 aromatic carbocycles. The zero-order valence-electron chi connectivity index (χ0n) is 11.9. The van der Waals surface area contributed by atoms with Gasteiger partial charge >= 0.3 is 0 Å². The lowest BCUT2D eigenvalue weighted by atomic mass is 10.2. The third-order valence-corrected chi connectivity index (χ3v) is 4.63. The molecule has 3 rings (SSSR count). The second-order valence-corrected chi connectivity index (χ2v) is 6.49. The Morgan fingerprint density at radius 3 is 2.83 bits per heavy atom. The van der Waals surface area contributed by atoms with Crippen LogP contribution in [-0.2, 0) is 4.79 Å². The third-order valence-electron chi connectivity index (χ3n) is 3.15. The minimum atomic E-state index is -0.289. The molecule has 0 aliphatic carbocycles. The number of amides is 2. The molecule has 0 aliphatic rings. The molecule has 1 aromatic heterocycles. The molecule has 0 unspecified atom stereocenters. The summed E-state index contributed by atoms with van der Waals surface area (Å²) < 4.78 is 1.73. The number of rotatable bonds is 4. The van der Waals surface area contributed by atoms with Gasteiger partial charge in [0.2, 0.25) is 5.91 Å². The molecule has 5 nitrogen and oxygen atoms in total. The Balaban J connectivity index is 1.60. The summed E-state index contributed by atoms with van der Waals surface area (Å²) in [7, 11) is 0. The van der Waals surface area contributed by atoms with E-state index in [1.54, 1.807) is 29.8 Å². The number of para-hydroxylation sites is 1. The number of carbonyl (C=O) groups is 2. The summed E-state index contributed by atoms with van der Waals surface area (Å²) >= 11 is 4.82. The Hall–Kier alpha value is -2.25. The van der Waals surface area contributed by atoms with E-state index in [0.29, 0.717) is 11.3 Å². The van der Waals surface area contributed by atoms with E-state index in [4.69, 9.17) is 0 Å². The number of fused-ring (bicyclic) bond motifs is 1. The van der Waals surface area contributed by atoms with Gasteiger partial charge in [0.05, 0.1) is 28.0 Å². The molecule has 2 amide bonds. The van der Waals surface area contributed by atoms with Gasteiger partial charge in [-0.1, -0.05) is 12.1 Å². The molecule has 0 radical (unpaired) electrons. The Kier molecular flexibility index (Phi) is 4.68. The van der Waals surface area contributed by atoms with Gasteiger partial charge in [0, 0.05) is 10.0 Å². The number of benzene rings is 2. The van der Waals surface area contributed by atoms with Crippen molar-refractivity contribution in [1.29, 1.82) is 0 Å². The van der Waals surface area contributed by atoms with Crippen molar-refractivity contribution < 1.29 is 9.59 Å². The standard InChI is InChI=1S/C16H12BrN3O2S/c17-11-3-1-2-4-12(11)20-15(21)8-18-16(22)10-5-6-13-14(7-10)23-9-19-13/h1-7,9H,8H2,(H,18,22)(H,20,21). The maximum absolute atomic E-state index is 12.1. The van der Waals surface area contributed by atoms with Crippen molar-refractivity contribution in [3.05, 3.63) is 58.0 Å². The molecule has 23 heavy (non-hydrogen) atoms. The highest BCUT2D eigenvalue weighted by Gasteiger charge is 2.10. The topological polar surface area (TPSA) is 71.1 Å². The van der Waals surface area contributed by atoms with Gasteiger partial charge in [-0.2, -0.15) is 0 Å².